The Morgan fingerprint density at radius 3 is 2.74 bits per heavy atom. The molecule has 0 aliphatic carbocycles. The van der Waals surface area contributed by atoms with Crippen molar-refractivity contribution in [1.82, 2.24) is 0 Å². The molecule has 3 nitrogen and oxygen atoms in total. The maximum atomic E-state index is 12.0. The molecule has 0 spiro atoms. The molecule has 100 valence electrons. The van der Waals surface area contributed by atoms with Crippen LogP contribution < -0.4 is 9.64 Å². The van der Waals surface area contributed by atoms with Crippen molar-refractivity contribution in [2.24, 2.45) is 0 Å². The first-order chi connectivity index (χ1) is 8.95. The van der Waals surface area contributed by atoms with E-state index < -0.39 is 0 Å². The summed E-state index contributed by atoms with van der Waals surface area (Å²) < 4.78 is 5.80. The molecular weight excluding hydrogens is 238 g/mol. The number of fused-ring (bicyclic) bond motifs is 1. The number of rotatable bonds is 0. The zero-order valence-electron chi connectivity index (χ0n) is 11.9. The summed E-state index contributed by atoms with van der Waals surface area (Å²) in [5.74, 6) is 5.90. The van der Waals surface area contributed by atoms with Crippen molar-refractivity contribution < 1.29 is 9.53 Å². The molecule has 1 aromatic rings. The van der Waals surface area contributed by atoms with Crippen LogP contribution >= 0.6 is 0 Å². The summed E-state index contributed by atoms with van der Waals surface area (Å²) in [6, 6.07) is 5.94. The number of carbonyl (C=O) groups excluding carboxylic acids is 1. The van der Waals surface area contributed by atoms with Crippen LogP contribution in [0.4, 0.5) is 5.69 Å². The molecule has 0 atom stereocenters. The molecule has 1 aliphatic rings. The van der Waals surface area contributed by atoms with Gasteiger partial charge in [-0.15, -0.1) is 0 Å². The summed E-state index contributed by atoms with van der Waals surface area (Å²) >= 11 is 0. The number of amides is 1. The van der Waals surface area contributed by atoms with E-state index in [-0.39, 0.29) is 11.3 Å². The van der Waals surface area contributed by atoms with Crippen LogP contribution in [-0.2, 0) is 10.2 Å². The van der Waals surface area contributed by atoms with Gasteiger partial charge in [0.15, 0.2) is 0 Å². The molecule has 0 saturated heterocycles. The Morgan fingerprint density at radius 1 is 1.37 bits per heavy atom. The Kier molecular flexibility index (Phi) is 3.53. The summed E-state index contributed by atoms with van der Waals surface area (Å²) in [7, 11) is 0. The van der Waals surface area contributed by atoms with Crippen molar-refractivity contribution in [3.63, 3.8) is 0 Å². The van der Waals surface area contributed by atoms with Crippen LogP contribution in [0.5, 0.6) is 5.75 Å². The quantitative estimate of drug-likeness (QED) is 0.669. The van der Waals surface area contributed by atoms with E-state index in [1.54, 1.807) is 11.8 Å². The van der Waals surface area contributed by atoms with Gasteiger partial charge in [0.2, 0.25) is 0 Å². The first-order valence-corrected chi connectivity index (χ1v) is 6.45. The Labute approximate surface area is 114 Å². The van der Waals surface area contributed by atoms with E-state index in [0.29, 0.717) is 13.2 Å². The monoisotopic (exact) mass is 257 g/mol. The number of para-hydroxylation sites is 1. The fourth-order valence-electron chi connectivity index (χ4n) is 2.22. The van der Waals surface area contributed by atoms with Crippen LogP contribution in [0.15, 0.2) is 18.2 Å². The van der Waals surface area contributed by atoms with Gasteiger partial charge in [-0.3, -0.25) is 9.69 Å². The minimum absolute atomic E-state index is 0.0200. The lowest BCUT2D eigenvalue weighted by Gasteiger charge is -2.32. The molecule has 0 aromatic heterocycles. The van der Waals surface area contributed by atoms with Gasteiger partial charge >= 0.3 is 5.91 Å². The Hall–Kier alpha value is -1.95. The average Bonchev–Trinajstić information content (AvgIpc) is 2.36. The van der Waals surface area contributed by atoms with E-state index in [1.807, 2.05) is 12.1 Å². The highest BCUT2D eigenvalue weighted by Gasteiger charge is 2.28. The second kappa shape index (κ2) is 4.97. The zero-order chi connectivity index (χ0) is 14.0. The SMILES string of the molecule is CC#CC(=O)N1CCOc2c1cccc2C(C)(C)C. The van der Waals surface area contributed by atoms with Crippen LogP contribution in [0, 0.1) is 11.8 Å². The summed E-state index contributed by atoms with van der Waals surface area (Å²) in [6.45, 7) is 9.14. The molecule has 0 bridgehead atoms. The predicted octanol–water partition coefficient (Wildman–Crippen LogP) is 2.73. The normalized spacial score (nSPS) is 14.0. The maximum Gasteiger partial charge on any atom is 0.303 e. The molecule has 1 aliphatic heterocycles. The molecule has 3 heteroatoms. The van der Waals surface area contributed by atoms with Crippen LogP contribution in [0.2, 0.25) is 0 Å². The molecule has 2 rings (SSSR count). The number of hydrogen-bond donors (Lipinski definition) is 0. The largest absolute Gasteiger partial charge is 0.489 e. The van der Waals surface area contributed by atoms with Crippen LogP contribution in [0.25, 0.3) is 0 Å². The van der Waals surface area contributed by atoms with Gasteiger partial charge in [-0.05, 0) is 24.3 Å². The van der Waals surface area contributed by atoms with Gasteiger partial charge in [0.1, 0.15) is 12.4 Å². The van der Waals surface area contributed by atoms with Gasteiger partial charge in [-0.1, -0.05) is 38.8 Å². The van der Waals surface area contributed by atoms with Crippen molar-refractivity contribution >= 4 is 11.6 Å². The lowest BCUT2D eigenvalue weighted by Crippen LogP contribution is -2.38. The smallest absolute Gasteiger partial charge is 0.303 e. The van der Waals surface area contributed by atoms with E-state index in [0.717, 1.165) is 17.0 Å². The zero-order valence-corrected chi connectivity index (χ0v) is 11.9. The van der Waals surface area contributed by atoms with Crippen LogP contribution in [0.1, 0.15) is 33.3 Å². The third-order valence-electron chi connectivity index (χ3n) is 3.13. The molecule has 1 aromatic carbocycles. The molecule has 0 N–H and O–H groups in total. The predicted molar refractivity (Wildman–Crippen MR) is 76.4 cm³/mol. The average molecular weight is 257 g/mol. The Balaban J connectivity index is 2.51. The highest BCUT2D eigenvalue weighted by molar-refractivity contribution is 6.07. The van der Waals surface area contributed by atoms with E-state index in [9.17, 15) is 4.79 Å². The molecule has 1 heterocycles. The molecule has 19 heavy (non-hydrogen) atoms. The van der Waals surface area contributed by atoms with Crippen LogP contribution in [0.3, 0.4) is 0 Å². The molecular formula is C16H19NO2. The number of anilines is 1. The number of benzene rings is 1. The van der Waals surface area contributed by atoms with Crippen molar-refractivity contribution in [2.45, 2.75) is 33.1 Å². The molecule has 0 unspecified atom stereocenters. The van der Waals surface area contributed by atoms with Crippen molar-refractivity contribution in [2.75, 3.05) is 18.1 Å². The van der Waals surface area contributed by atoms with E-state index >= 15 is 0 Å². The maximum absolute atomic E-state index is 12.0. The number of carbonyl (C=O) groups is 1. The lowest BCUT2D eigenvalue weighted by molar-refractivity contribution is -0.113. The van der Waals surface area contributed by atoms with Gasteiger partial charge in [-0.25, -0.2) is 0 Å². The van der Waals surface area contributed by atoms with Crippen molar-refractivity contribution in [3.05, 3.63) is 23.8 Å². The fourth-order valence-corrected chi connectivity index (χ4v) is 2.22. The van der Waals surface area contributed by atoms with Crippen LogP contribution in [-0.4, -0.2) is 19.1 Å². The number of hydrogen-bond acceptors (Lipinski definition) is 2. The highest BCUT2D eigenvalue weighted by Crippen LogP contribution is 2.40. The fraction of sp³-hybridized carbons (Fsp3) is 0.438. The number of ether oxygens (including phenoxy) is 1. The Morgan fingerprint density at radius 2 is 2.11 bits per heavy atom. The van der Waals surface area contributed by atoms with Gasteiger partial charge < -0.3 is 4.74 Å². The first kappa shape index (κ1) is 13.5. The summed E-state index contributed by atoms with van der Waals surface area (Å²) in [6.07, 6.45) is 0. The Bertz CT molecular complexity index is 558. The van der Waals surface area contributed by atoms with Gasteiger partial charge in [0, 0.05) is 5.56 Å². The van der Waals surface area contributed by atoms with Crippen molar-refractivity contribution in [1.29, 1.82) is 0 Å². The van der Waals surface area contributed by atoms with Gasteiger partial charge in [-0.2, -0.15) is 0 Å². The van der Waals surface area contributed by atoms with E-state index in [1.165, 1.54) is 0 Å². The second-order valence-electron chi connectivity index (χ2n) is 5.58. The molecule has 0 saturated carbocycles. The summed E-state index contributed by atoms with van der Waals surface area (Å²) in [5, 5.41) is 0. The molecule has 0 radical (unpaired) electrons. The minimum atomic E-state index is -0.168. The second-order valence-corrected chi connectivity index (χ2v) is 5.58. The summed E-state index contributed by atoms with van der Waals surface area (Å²) in [4.78, 5) is 13.7. The minimum Gasteiger partial charge on any atom is -0.489 e. The third kappa shape index (κ3) is 2.58. The molecule has 0 fully saturated rings. The van der Waals surface area contributed by atoms with E-state index in [2.05, 4.69) is 38.7 Å². The standard InChI is InChI=1S/C16H19NO2/c1-5-7-14(18)17-10-11-19-15-12(16(2,3)4)8-6-9-13(15)17/h6,8-9H,10-11H2,1-4H3. The number of nitrogens with zero attached hydrogens (tertiary/aromatic N) is 1. The van der Waals surface area contributed by atoms with Crippen molar-refractivity contribution in [3.8, 4) is 17.6 Å². The summed E-state index contributed by atoms with van der Waals surface area (Å²) in [5.41, 5.74) is 1.92. The van der Waals surface area contributed by atoms with Gasteiger partial charge in [0.05, 0.1) is 12.2 Å². The highest BCUT2D eigenvalue weighted by atomic mass is 16.5. The topological polar surface area (TPSA) is 29.5 Å². The van der Waals surface area contributed by atoms with E-state index in [4.69, 9.17) is 4.74 Å². The lowest BCUT2D eigenvalue weighted by atomic mass is 9.85. The third-order valence-corrected chi connectivity index (χ3v) is 3.13. The first-order valence-electron chi connectivity index (χ1n) is 6.45. The molecule has 1 amide bonds. The van der Waals surface area contributed by atoms with Gasteiger partial charge in [0.25, 0.3) is 0 Å².